The van der Waals surface area contributed by atoms with Gasteiger partial charge in [0.15, 0.2) is 11.5 Å². The van der Waals surface area contributed by atoms with Crippen molar-refractivity contribution in [1.82, 2.24) is 14.2 Å². The highest BCUT2D eigenvalue weighted by atomic mass is 79.9. The second kappa shape index (κ2) is 8.84. The fourth-order valence-corrected chi connectivity index (χ4v) is 5.25. The first-order chi connectivity index (χ1) is 16.4. The molecule has 2 aromatic carbocycles. The minimum atomic E-state index is 0.754. The number of hydrogen-bond acceptors (Lipinski definition) is 3. The molecule has 3 heterocycles. The van der Waals surface area contributed by atoms with Crippen molar-refractivity contribution >= 4 is 32.2 Å². The van der Waals surface area contributed by atoms with E-state index in [1.54, 1.807) is 14.2 Å². The first-order valence-corrected chi connectivity index (χ1v) is 12.2. The predicted molar refractivity (Wildman–Crippen MR) is 141 cm³/mol. The molecule has 0 N–H and O–H groups in total. The van der Waals surface area contributed by atoms with Crippen molar-refractivity contribution < 1.29 is 9.47 Å². The Labute approximate surface area is 208 Å². The molecule has 3 aromatic heterocycles. The van der Waals surface area contributed by atoms with E-state index in [0.29, 0.717) is 0 Å². The van der Waals surface area contributed by atoms with Gasteiger partial charge in [-0.15, -0.1) is 0 Å². The molecule has 5 rings (SSSR count). The summed E-state index contributed by atoms with van der Waals surface area (Å²) in [6.07, 6.45) is 3.03. The maximum atomic E-state index is 5.49. The van der Waals surface area contributed by atoms with Crippen molar-refractivity contribution in [3.8, 4) is 22.6 Å². The molecule has 174 valence electrons. The molecule has 5 aromatic rings. The van der Waals surface area contributed by atoms with Gasteiger partial charge in [0, 0.05) is 44.9 Å². The quantitative estimate of drug-likeness (QED) is 0.246. The van der Waals surface area contributed by atoms with Crippen LogP contribution in [0.25, 0.3) is 27.4 Å². The third-order valence-corrected chi connectivity index (χ3v) is 7.24. The number of rotatable bonds is 6. The van der Waals surface area contributed by atoms with Gasteiger partial charge < -0.3 is 14.0 Å². The Hall–Kier alpha value is -3.25. The van der Waals surface area contributed by atoms with Gasteiger partial charge in [-0.25, -0.2) is 4.52 Å². The van der Waals surface area contributed by atoms with Gasteiger partial charge in [0.1, 0.15) is 0 Å². The average Bonchev–Trinajstić information content (AvgIpc) is 3.36. The Kier molecular flexibility index (Phi) is 5.86. The average molecular weight is 518 g/mol. The smallest absolute Gasteiger partial charge is 0.160 e. The minimum Gasteiger partial charge on any atom is -0.493 e. The molecule has 6 heteroatoms. The summed E-state index contributed by atoms with van der Waals surface area (Å²) in [5, 5.41) is 7.43. The highest BCUT2D eigenvalue weighted by Crippen LogP contribution is 2.34. The van der Waals surface area contributed by atoms with E-state index in [1.807, 2.05) is 10.6 Å². The van der Waals surface area contributed by atoms with Crippen molar-refractivity contribution in [2.75, 3.05) is 14.2 Å². The van der Waals surface area contributed by atoms with Crippen LogP contribution in [0.3, 0.4) is 0 Å². The Morgan fingerprint density at radius 2 is 1.53 bits per heavy atom. The SMILES string of the molecule is COc1ccc(CCn2c(C)c3c(C)nn4cc(-c5ccc(Br)cc5)cc4c3c2C)cc1OC. The molecule has 0 bridgehead atoms. The second-order valence-corrected chi connectivity index (χ2v) is 9.58. The van der Waals surface area contributed by atoms with Crippen LogP contribution in [0, 0.1) is 20.8 Å². The number of hydrogen-bond donors (Lipinski definition) is 0. The highest BCUT2D eigenvalue weighted by Gasteiger charge is 2.18. The highest BCUT2D eigenvalue weighted by molar-refractivity contribution is 9.10. The fraction of sp³-hybridized carbons (Fsp3) is 0.250. The third kappa shape index (κ3) is 3.76. The van der Waals surface area contributed by atoms with E-state index in [2.05, 4.69) is 89.9 Å². The molecule has 0 aliphatic rings. The molecule has 0 atom stereocenters. The molecule has 0 amide bonds. The molecular formula is C28H28BrN3O2. The molecule has 0 fully saturated rings. The lowest BCUT2D eigenvalue weighted by Gasteiger charge is -2.12. The molecule has 5 nitrogen and oxygen atoms in total. The van der Waals surface area contributed by atoms with E-state index >= 15 is 0 Å². The minimum absolute atomic E-state index is 0.754. The van der Waals surface area contributed by atoms with Crippen molar-refractivity contribution in [2.24, 2.45) is 0 Å². The maximum absolute atomic E-state index is 5.49. The van der Waals surface area contributed by atoms with Crippen LogP contribution in [0.1, 0.15) is 22.6 Å². The van der Waals surface area contributed by atoms with Crippen molar-refractivity contribution in [1.29, 1.82) is 0 Å². The third-order valence-electron chi connectivity index (χ3n) is 6.71. The van der Waals surface area contributed by atoms with Gasteiger partial charge in [-0.2, -0.15) is 5.10 Å². The predicted octanol–water partition coefficient (Wildman–Crippen LogP) is 6.90. The summed E-state index contributed by atoms with van der Waals surface area (Å²) >= 11 is 3.53. The zero-order chi connectivity index (χ0) is 24.0. The van der Waals surface area contributed by atoms with Gasteiger partial charge in [0.2, 0.25) is 0 Å². The van der Waals surface area contributed by atoms with Gasteiger partial charge in [-0.1, -0.05) is 34.1 Å². The van der Waals surface area contributed by atoms with Crippen LogP contribution in [-0.4, -0.2) is 28.4 Å². The van der Waals surface area contributed by atoms with Gasteiger partial charge >= 0.3 is 0 Å². The zero-order valence-electron chi connectivity index (χ0n) is 20.1. The van der Waals surface area contributed by atoms with E-state index in [-0.39, 0.29) is 0 Å². The Balaban J connectivity index is 1.56. The van der Waals surface area contributed by atoms with Crippen LogP contribution in [0.5, 0.6) is 11.5 Å². The summed E-state index contributed by atoms with van der Waals surface area (Å²) in [7, 11) is 3.34. The topological polar surface area (TPSA) is 40.7 Å². The molecule has 0 aliphatic heterocycles. The summed E-state index contributed by atoms with van der Waals surface area (Å²) in [5.74, 6) is 1.52. The summed E-state index contributed by atoms with van der Waals surface area (Å²) in [6.45, 7) is 7.41. The standard InChI is InChI=1S/C28H28BrN3O2/c1-17-27-18(2)31(13-12-20-6-11-25(33-4)26(14-20)34-5)19(3)28(27)24-15-22(16-32(24)30-17)21-7-9-23(29)10-8-21/h6-11,14-16H,12-13H2,1-5H3. The van der Waals surface area contributed by atoms with Crippen molar-refractivity contribution in [3.63, 3.8) is 0 Å². The van der Waals surface area contributed by atoms with Crippen LogP contribution in [0.4, 0.5) is 0 Å². The molecular weight excluding hydrogens is 490 g/mol. The van der Waals surface area contributed by atoms with Gasteiger partial charge in [0.25, 0.3) is 0 Å². The van der Waals surface area contributed by atoms with Crippen LogP contribution in [0.15, 0.2) is 59.2 Å². The van der Waals surface area contributed by atoms with Crippen molar-refractivity contribution in [3.05, 3.63) is 81.8 Å². The molecule has 0 aliphatic carbocycles. The number of nitrogens with zero attached hydrogens (tertiary/aromatic N) is 3. The number of methoxy groups -OCH3 is 2. The number of aromatic nitrogens is 3. The second-order valence-electron chi connectivity index (χ2n) is 8.66. The Morgan fingerprint density at radius 1 is 0.824 bits per heavy atom. The lowest BCUT2D eigenvalue weighted by Crippen LogP contribution is -2.05. The van der Waals surface area contributed by atoms with Gasteiger partial charge in [0.05, 0.1) is 25.4 Å². The van der Waals surface area contributed by atoms with E-state index in [4.69, 9.17) is 14.6 Å². The fourth-order valence-electron chi connectivity index (χ4n) is 4.99. The number of benzene rings is 2. The number of fused-ring (bicyclic) bond motifs is 3. The van der Waals surface area contributed by atoms with E-state index in [1.165, 1.54) is 38.9 Å². The van der Waals surface area contributed by atoms with E-state index < -0.39 is 0 Å². The number of aryl methyl sites for hydroxylation is 4. The lowest BCUT2D eigenvalue weighted by atomic mass is 10.1. The first-order valence-electron chi connectivity index (χ1n) is 11.4. The molecule has 0 saturated heterocycles. The summed E-state index contributed by atoms with van der Waals surface area (Å²) in [6, 6.07) is 16.8. The van der Waals surface area contributed by atoms with E-state index in [9.17, 15) is 0 Å². The normalized spacial score (nSPS) is 11.5. The molecule has 0 spiro atoms. The summed E-state index contributed by atoms with van der Waals surface area (Å²) in [5.41, 5.74) is 8.28. The largest absolute Gasteiger partial charge is 0.493 e. The van der Waals surface area contributed by atoms with Gasteiger partial charge in [-0.05, 0) is 68.7 Å². The number of halogens is 1. The van der Waals surface area contributed by atoms with Crippen molar-refractivity contribution in [2.45, 2.75) is 33.7 Å². The van der Waals surface area contributed by atoms with Crippen LogP contribution in [-0.2, 0) is 13.0 Å². The molecule has 0 unspecified atom stereocenters. The number of ether oxygens (including phenoxy) is 2. The lowest BCUT2D eigenvalue weighted by molar-refractivity contribution is 0.354. The zero-order valence-corrected chi connectivity index (χ0v) is 21.7. The monoisotopic (exact) mass is 517 g/mol. The van der Waals surface area contributed by atoms with Crippen LogP contribution < -0.4 is 9.47 Å². The molecule has 0 radical (unpaired) electrons. The van der Waals surface area contributed by atoms with Crippen LogP contribution >= 0.6 is 15.9 Å². The summed E-state index contributed by atoms with van der Waals surface area (Å²) < 4.78 is 16.4. The first kappa shape index (κ1) is 22.5. The molecule has 34 heavy (non-hydrogen) atoms. The van der Waals surface area contributed by atoms with Crippen LogP contribution in [0.2, 0.25) is 0 Å². The Morgan fingerprint density at radius 3 is 2.24 bits per heavy atom. The van der Waals surface area contributed by atoms with E-state index in [0.717, 1.165) is 40.1 Å². The maximum Gasteiger partial charge on any atom is 0.160 e. The Bertz CT molecular complexity index is 1510. The molecule has 0 saturated carbocycles. The van der Waals surface area contributed by atoms with Gasteiger partial charge in [-0.3, -0.25) is 0 Å². The summed E-state index contributed by atoms with van der Waals surface area (Å²) in [4.78, 5) is 0.